The average molecular weight is 287 g/mol. The third-order valence-electron chi connectivity index (χ3n) is 2.73. The van der Waals surface area contributed by atoms with Crippen LogP contribution in [0.3, 0.4) is 0 Å². The lowest BCUT2D eigenvalue weighted by Crippen LogP contribution is -2.14. The van der Waals surface area contributed by atoms with Crippen molar-refractivity contribution in [2.45, 2.75) is 6.92 Å². The minimum atomic E-state index is -0.582. The molecular weight excluding hydrogens is 273 g/mol. The smallest absolute Gasteiger partial charge is 0.221 e. The lowest BCUT2D eigenvalue weighted by molar-refractivity contribution is -0.114. The van der Waals surface area contributed by atoms with Crippen molar-refractivity contribution in [3.63, 3.8) is 0 Å². The molecule has 0 aliphatic heterocycles. The van der Waals surface area contributed by atoms with Gasteiger partial charge in [-0.15, -0.1) is 0 Å². The third kappa shape index (κ3) is 3.89. The van der Waals surface area contributed by atoms with Gasteiger partial charge in [0.05, 0.1) is 11.3 Å². The zero-order chi connectivity index (χ0) is 15.2. The lowest BCUT2D eigenvalue weighted by atomic mass is 10.1. The molecule has 0 aliphatic rings. The summed E-state index contributed by atoms with van der Waals surface area (Å²) in [7, 11) is 0. The van der Waals surface area contributed by atoms with Gasteiger partial charge < -0.3 is 10.1 Å². The number of amides is 1. The van der Waals surface area contributed by atoms with E-state index < -0.39 is 11.6 Å². The largest absolute Gasteiger partial charge is 0.483 e. The molecule has 21 heavy (non-hydrogen) atoms. The van der Waals surface area contributed by atoms with Crippen LogP contribution >= 0.6 is 0 Å². The Balaban J connectivity index is 2.08. The third-order valence-corrected chi connectivity index (χ3v) is 2.73. The maximum Gasteiger partial charge on any atom is 0.221 e. The summed E-state index contributed by atoms with van der Waals surface area (Å²) in [6.07, 6.45) is 0. The number of benzene rings is 2. The molecule has 0 heterocycles. The number of anilines is 1. The molecule has 5 heteroatoms. The molecule has 0 unspecified atom stereocenters. The fourth-order valence-electron chi connectivity index (χ4n) is 1.79. The molecule has 2 rings (SSSR count). The summed E-state index contributed by atoms with van der Waals surface area (Å²) >= 11 is 0. The molecule has 0 spiro atoms. The number of ether oxygens (including phenoxy) is 1. The van der Waals surface area contributed by atoms with Gasteiger partial charge in [0.15, 0.2) is 6.61 Å². The van der Waals surface area contributed by atoms with E-state index in [-0.39, 0.29) is 18.1 Å². The van der Waals surface area contributed by atoms with Crippen LogP contribution in [0, 0.1) is 5.82 Å². The van der Waals surface area contributed by atoms with Crippen LogP contribution in [0.1, 0.15) is 17.3 Å². The number of hydrogen-bond donors (Lipinski definition) is 1. The second kappa shape index (κ2) is 6.65. The van der Waals surface area contributed by atoms with Crippen molar-refractivity contribution in [3.8, 4) is 5.75 Å². The second-order valence-electron chi connectivity index (χ2n) is 4.37. The van der Waals surface area contributed by atoms with E-state index in [2.05, 4.69) is 5.32 Å². The predicted molar refractivity (Wildman–Crippen MR) is 77.0 cm³/mol. The number of halogens is 1. The number of carbonyl (C=O) groups excluding carboxylic acids is 2. The predicted octanol–water partition coefficient (Wildman–Crippen LogP) is 3.05. The molecule has 0 radical (unpaired) electrons. The number of hydrogen-bond acceptors (Lipinski definition) is 3. The number of rotatable bonds is 5. The van der Waals surface area contributed by atoms with Gasteiger partial charge in [0.1, 0.15) is 11.6 Å². The molecule has 0 bridgehead atoms. The van der Waals surface area contributed by atoms with E-state index in [1.54, 1.807) is 30.3 Å². The van der Waals surface area contributed by atoms with Crippen LogP contribution in [-0.4, -0.2) is 18.3 Å². The molecule has 1 N–H and O–H groups in total. The molecule has 0 atom stereocenters. The quantitative estimate of drug-likeness (QED) is 0.860. The fourth-order valence-corrected chi connectivity index (χ4v) is 1.79. The van der Waals surface area contributed by atoms with Crippen LogP contribution in [0.25, 0.3) is 0 Å². The molecule has 1 amide bonds. The highest BCUT2D eigenvalue weighted by Crippen LogP contribution is 2.23. The minimum absolute atomic E-state index is 0.0190. The molecule has 2 aromatic carbocycles. The molecule has 4 nitrogen and oxygen atoms in total. The summed E-state index contributed by atoms with van der Waals surface area (Å²) in [5.74, 6) is -0.934. The van der Waals surface area contributed by atoms with Crippen molar-refractivity contribution in [2.24, 2.45) is 0 Å². The van der Waals surface area contributed by atoms with E-state index in [1.807, 2.05) is 0 Å². The van der Waals surface area contributed by atoms with Gasteiger partial charge in [-0.1, -0.05) is 24.3 Å². The van der Waals surface area contributed by atoms with Crippen molar-refractivity contribution in [1.29, 1.82) is 0 Å². The SMILES string of the molecule is CC(=O)Nc1ccccc1OCC(=O)c1ccccc1F. The Bertz CT molecular complexity index is 670. The molecule has 0 saturated heterocycles. The van der Waals surface area contributed by atoms with Crippen LogP contribution in [0.2, 0.25) is 0 Å². The average Bonchev–Trinajstić information content (AvgIpc) is 2.46. The highest BCUT2D eigenvalue weighted by atomic mass is 19.1. The fraction of sp³-hybridized carbons (Fsp3) is 0.125. The van der Waals surface area contributed by atoms with Gasteiger partial charge in [-0.3, -0.25) is 9.59 Å². The Hall–Kier alpha value is -2.69. The molecule has 0 aliphatic carbocycles. The Morgan fingerprint density at radius 2 is 1.76 bits per heavy atom. The molecule has 108 valence electrons. The Kier molecular flexibility index (Phi) is 4.66. The summed E-state index contributed by atoms with van der Waals surface area (Å²) in [6.45, 7) is 1.07. The molecule has 0 fully saturated rings. The van der Waals surface area contributed by atoms with E-state index in [0.717, 1.165) is 0 Å². The van der Waals surface area contributed by atoms with Crippen LogP contribution in [0.15, 0.2) is 48.5 Å². The van der Waals surface area contributed by atoms with Gasteiger partial charge in [0, 0.05) is 6.92 Å². The second-order valence-corrected chi connectivity index (χ2v) is 4.37. The Morgan fingerprint density at radius 1 is 1.10 bits per heavy atom. The zero-order valence-corrected chi connectivity index (χ0v) is 11.4. The molecular formula is C16H14FNO3. The lowest BCUT2D eigenvalue weighted by Gasteiger charge is -2.11. The van der Waals surface area contributed by atoms with E-state index in [9.17, 15) is 14.0 Å². The first kappa shape index (κ1) is 14.7. The van der Waals surface area contributed by atoms with Crippen molar-refractivity contribution in [1.82, 2.24) is 0 Å². The summed E-state index contributed by atoms with van der Waals surface area (Å²) in [5, 5.41) is 2.60. The first-order chi connectivity index (χ1) is 10.1. The number of ketones is 1. The van der Waals surface area contributed by atoms with E-state index in [0.29, 0.717) is 11.4 Å². The maximum atomic E-state index is 13.5. The standard InChI is InChI=1S/C16H14FNO3/c1-11(19)18-14-8-4-5-9-16(14)21-10-15(20)12-6-2-3-7-13(12)17/h2-9H,10H2,1H3,(H,18,19). The van der Waals surface area contributed by atoms with Crippen molar-refractivity contribution in [2.75, 3.05) is 11.9 Å². The van der Waals surface area contributed by atoms with Gasteiger partial charge in [0.2, 0.25) is 11.7 Å². The van der Waals surface area contributed by atoms with Gasteiger partial charge in [0.25, 0.3) is 0 Å². The molecule has 2 aromatic rings. The van der Waals surface area contributed by atoms with Crippen LogP contribution in [0.5, 0.6) is 5.75 Å². The summed E-state index contributed by atoms with van der Waals surface area (Å²) in [4.78, 5) is 23.0. The number of Topliss-reactive ketones (excluding diaryl/α,β-unsaturated/α-hetero) is 1. The normalized spacial score (nSPS) is 10.0. The minimum Gasteiger partial charge on any atom is -0.483 e. The van der Waals surface area contributed by atoms with Gasteiger partial charge >= 0.3 is 0 Å². The van der Waals surface area contributed by atoms with E-state index in [1.165, 1.54) is 25.1 Å². The van der Waals surface area contributed by atoms with Gasteiger partial charge in [-0.2, -0.15) is 0 Å². The van der Waals surface area contributed by atoms with E-state index in [4.69, 9.17) is 4.74 Å². The summed E-state index contributed by atoms with van der Waals surface area (Å²) < 4.78 is 18.9. The van der Waals surface area contributed by atoms with E-state index >= 15 is 0 Å². The maximum absolute atomic E-state index is 13.5. The highest BCUT2D eigenvalue weighted by molar-refractivity contribution is 5.97. The van der Waals surface area contributed by atoms with Gasteiger partial charge in [-0.25, -0.2) is 4.39 Å². The zero-order valence-electron chi connectivity index (χ0n) is 11.4. The Labute approximate surface area is 121 Å². The van der Waals surface area contributed by atoms with Gasteiger partial charge in [-0.05, 0) is 24.3 Å². The summed E-state index contributed by atoms with van der Waals surface area (Å²) in [6, 6.07) is 12.5. The van der Waals surface area contributed by atoms with Crippen LogP contribution in [0.4, 0.5) is 10.1 Å². The number of para-hydroxylation sites is 2. The first-order valence-corrected chi connectivity index (χ1v) is 6.35. The van der Waals surface area contributed by atoms with Crippen molar-refractivity contribution in [3.05, 3.63) is 59.9 Å². The first-order valence-electron chi connectivity index (χ1n) is 6.35. The van der Waals surface area contributed by atoms with Crippen LogP contribution in [-0.2, 0) is 4.79 Å². The molecule has 0 saturated carbocycles. The highest BCUT2D eigenvalue weighted by Gasteiger charge is 2.13. The number of carbonyl (C=O) groups is 2. The van der Waals surface area contributed by atoms with Crippen LogP contribution < -0.4 is 10.1 Å². The number of nitrogens with one attached hydrogen (secondary N) is 1. The summed E-state index contributed by atoms with van der Waals surface area (Å²) in [5.41, 5.74) is 0.445. The molecule has 0 aromatic heterocycles. The Morgan fingerprint density at radius 3 is 2.48 bits per heavy atom. The monoisotopic (exact) mass is 287 g/mol. The topological polar surface area (TPSA) is 55.4 Å². The van der Waals surface area contributed by atoms with Crippen molar-refractivity contribution >= 4 is 17.4 Å². The van der Waals surface area contributed by atoms with Crippen molar-refractivity contribution < 1.29 is 18.7 Å².